The van der Waals surface area contributed by atoms with Gasteiger partial charge in [0.1, 0.15) is 0 Å². The lowest BCUT2D eigenvalue weighted by Crippen LogP contribution is -2.36. The average Bonchev–Trinajstić information content (AvgIpc) is 2.52. The first-order valence-electron chi connectivity index (χ1n) is 8.10. The summed E-state index contributed by atoms with van der Waals surface area (Å²) in [6, 6.07) is 4.32. The number of amides is 1. The van der Waals surface area contributed by atoms with E-state index in [0.29, 0.717) is 6.61 Å². The smallest absolute Gasteiger partial charge is 0.341 e. The topological polar surface area (TPSA) is 119 Å². The minimum atomic E-state index is -3.33. The number of hydrogen-bond donors (Lipinski definition) is 2. The van der Waals surface area contributed by atoms with Crippen molar-refractivity contribution in [2.75, 3.05) is 25.5 Å². The average molecular weight is 387 g/mol. The van der Waals surface area contributed by atoms with Crippen LogP contribution in [-0.2, 0) is 14.6 Å². The van der Waals surface area contributed by atoms with Crippen molar-refractivity contribution in [3.63, 3.8) is 0 Å². The second-order valence-electron chi connectivity index (χ2n) is 6.46. The Balaban J connectivity index is 2.80. The summed E-state index contributed by atoms with van der Waals surface area (Å²) >= 11 is 0. The predicted octanol–water partition coefficient (Wildman–Crippen LogP) is 1.49. The molecule has 9 heteroatoms. The Labute approximate surface area is 153 Å². The third-order valence-corrected chi connectivity index (χ3v) is 6.05. The van der Waals surface area contributed by atoms with Crippen LogP contribution in [0.4, 0.5) is 0 Å². The van der Waals surface area contributed by atoms with Crippen LogP contribution in [0.5, 0.6) is 11.5 Å². The van der Waals surface area contributed by atoms with Crippen molar-refractivity contribution in [2.24, 2.45) is 0 Å². The summed E-state index contributed by atoms with van der Waals surface area (Å²) in [4.78, 5) is 22.8. The van der Waals surface area contributed by atoms with E-state index in [-0.39, 0.29) is 29.4 Å². The van der Waals surface area contributed by atoms with Crippen molar-refractivity contribution < 1.29 is 32.6 Å². The van der Waals surface area contributed by atoms with Gasteiger partial charge >= 0.3 is 5.97 Å². The molecule has 0 aromatic heterocycles. The standard InChI is InChI=1S/C17H25NO7S/c1-5-24-14-10-12(6-7-13(14)25-11-15(19)20)16(21)18-8-9-26(22,23)17(2,3)4/h6-7,10H,5,8-9,11H2,1-4H3,(H,18,21)(H,19,20). The summed E-state index contributed by atoms with van der Waals surface area (Å²) < 4.78 is 33.7. The van der Waals surface area contributed by atoms with Crippen molar-refractivity contribution in [1.29, 1.82) is 0 Å². The Morgan fingerprint density at radius 2 is 1.81 bits per heavy atom. The van der Waals surface area contributed by atoms with Gasteiger partial charge in [-0.2, -0.15) is 0 Å². The highest BCUT2D eigenvalue weighted by Gasteiger charge is 2.28. The van der Waals surface area contributed by atoms with Crippen molar-refractivity contribution in [1.82, 2.24) is 5.32 Å². The van der Waals surface area contributed by atoms with Gasteiger partial charge in [0.2, 0.25) is 0 Å². The van der Waals surface area contributed by atoms with Crippen molar-refractivity contribution in [3.8, 4) is 11.5 Å². The number of hydrogen-bond acceptors (Lipinski definition) is 6. The third kappa shape index (κ3) is 6.21. The Morgan fingerprint density at radius 1 is 1.15 bits per heavy atom. The van der Waals surface area contributed by atoms with Crippen LogP contribution in [0, 0.1) is 0 Å². The number of carboxylic acids is 1. The third-order valence-electron chi connectivity index (χ3n) is 3.45. The van der Waals surface area contributed by atoms with Gasteiger partial charge in [-0.25, -0.2) is 13.2 Å². The van der Waals surface area contributed by atoms with E-state index >= 15 is 0 Å². The van der Waals surface area contributed by atoms with Crippen LogP contribution >= 0.6 is 0 Å². The molecule has 0 aliphatic heterocycles. The highest BCUT2D eigenvalue weighted by atomic mass is 32.2. The SMILES string of the molecule is CCOc1cc(C(=O)NCCS(=O)(=O)C(C)(C)C)ccc1OCC(=O)O. The first-order chi connectivity index (χ1) is 12.0. The minimum absolute atomic E-state index is 0.0142. The van der Waals surface area contributed by atoms with Gasteiger partial charge in [-0.15, -0.1) is 0 Å². The summed E-state index contributed by atoms with van der Waals surface area (Å²) in [5.74, 6) is -1.31. The summed E-state index contributed by atoms with van der Waals surface area (Å²) in [7, 11) is -3.33. The van der Waals surface area contributed by atoms with Crippen LogP contribution in [0.15, 0.2) is 18.2 Å². The number of ether oxygens (including phenoxy) is 2. The lowest BCUT2D eigenvalue weighted by atomic mass is 10.2. The van der Waals surface area contributed by atoms with Crippen LogP contribution in [0.25, 0.3) is 0 Å². The number of carbonyl (C=O) groups excluding carboxylic acids is 1. The molecule has 1 aromatic carbocycles. The molecule has 0 bridgehead atoms. The first kappa shape index (κ1) is 21.8. The van der Waals surface area contributed by atoms with Gasteiger partial charge in [0.15, 0.2) is 27.9 Å². The fourth-order valence-electron chi connectivity index (χ4n) is 1.88. The van der Waals surface area contributed by atoms with Gasteiger partial charge < -0.3 is 19.9 Å². The number of carboxylic acid groups (broad SMARTS) is 1. The summed E-state index contributed by atoms with van der Waals surface area (Å²) in [6.45, 7) is 6.32. The first-order valence-corrected chi connectivity index (χ1v) is 9.75. The zero-order valence-electron chi connectivity index (χ0n) is 15.4. The van der Waals surface area contributed by atoms with Crippen LogP contribution in [0.2, 0.25) is 0 Å². The minimum Gasteiger partial charge on any atom is -0.490 e. The van der Waals surface area contributed by atoms with Crippen molar-refractivity contribution >= 4 is 21.7 Å². The molecule has 8 nitrogen and oxygen atoms in total. The maximum absolute atomic E-state index is 12.2. The fourth-order valence-corrected chi connectivity index (χ4v) is 2.87. The van der Waals surface area contributed by atoms with E-state index in [4.69, 9.17) is 14.6 Å². The number of rotatable bonds is 9. The molecule has 2 N–H and O–H groups in total. The molecular formula is C17H25NO7S. The van der Waals surface area contributed by atoms with E-state index in [2.05, 4.69) is 5.32 Å². The molecule has 0 spiro atoms. The highest BCUT2D eigenvalue weighted by Crippen LogP contribution is 2.28. The molecule has 1 rings (SSSR count). The van der Waals surface area contributed by atoms with Gasteiger partial charge in [-0.1, -0.05) is 0 Å². The molecule has 1 aromatic rings. The zero-order valence-corrected chi connectivity index (χ0v) is 16.2. The number of carbonyl (C=O) groups is 2. The lowest BCUT2D eigenvalue weighted by Gasteiger charge is -2.19. The number of sulfone groups is 1. The number of nitrogens with one attached hydrogen (secondary N) is 1. The quantitative estimate of drug-likeness (QED) is 0.659. The van der Waals surface area contributed by atoms with Crippen LogP contribution in [-0.4, -0.2) is 55.7 Å². The van der Waals surface area contributed by atoms with Crippen LogP contribution in [0.1, 0.15) is 38.1 Å². The monoisotopic (exact) mass is 387 g/mol. The van der Waals surface area contributed by atoms with Gasteiger partial charge in [-0.3, -0.25) is 4.79 Å². The van der Waals surface area contributed by atoms with E-state index in [1.165, 1.54) is 18.2 Å². The van der Waals surface area contributed by atoms with E-state index in [1.54, 1.807) is 27.7 Å². The van der Waals surface area contributed by atoms with Gasteiger partial charge in [0, 0.05) is 12.1 Å². The van der Waals surface area contributed by atoms with Crippen LogP contribution < -0.4 is 14.8 Å². The molecule has 146 valence electrons. The fraction of sp³-hybridized carbons (Fsp3) is 0.529. The number of benzene rings is 1. The Kier molecular flexibility index (Phi) is 7.43. The molecule has 0 saturated carbocycles. The summed E-state index contributed by atoms with van der Waals surface area (Å²) in [5, 5.41) is 11.2. The van der Waals surface area contributed by atoms with Crippen LogP contribution in [0.3, 0.4) is 0 Å². The second-order valence-corrected chi connectivity index (χ2v) is 9.33. The Hall–Kier alpha value is -2.29. The van der Waals surface area contributed by atoms with E-state index in [1.807, 2.05) is 0 Å². The molecule has 0 radical (unpaired) electrons. The van der Waals surface area contributed by atoms with Crippen molar-refractivity contribution in [2.45, 2.75) is 32.4 Å². The molecule has 0 saturated heterocycles. The van der Waals surface area contributed by atoms with Gasteiger partial charge in [0.05, 0.1) is 17.1 Å². The normalized spacial score (nSPS) is 11.7. The molecular weight excluding hydrogens is 362 g/mol. The zero-order chi connectivity index (χ0) is 20.0. The maximum atomic E-state index is 12.2. The predicted molar refractivity (Wildman–Crippen MR) is 96.6 cm³/mol. The molecule has 1 amide bonds. The lowest BCUT2D eigenvalue weighted by molar-refractivity contribution is -0.139. The molecule has 0 aliphatic rings. The summed E-state index contributed by atoms with van der Waals surface area (Å²) in [6.07, 6.45) is 0. The largest absolute Gasteiger partial charge is 0.490 e. The molecule has 0 fully saturated rings. The van der Waals surface area contributed by atoms with E-state index in [0.717, 1.165) is 0 Å². The Bertz CT molecular complexity index is 751. The Morgan fingerprint density at radius 3 is 2.35 bits per heavy atom. The molecule has 0 atom stereocenters. The van der Waals surface area contributed by atoms with E-state index < -0.39 is 33.1 Å². The molecule has 0 heterocycles. The van der Waals surface area contributed by atoms with Gasteiger partial charge in [0.25, 0.3) is 5.91 Å². The molecule has 0 aliphatic carbocycles. The summed E-state index contributed by atoms with van der Waals surface area (Å²) in [5.41, 5.74) is 0.254. The van der Waals surface area contributed by atoms with Gasteiger partial charge in [-0.05, 0) is 45.9 Å². The number of aliphatic carboxylic acids is 1. The maximum Gasteiger partial charge on any atom is 0.341 e. The highest BCUT2D eigenvalue weighted by molar-refractivity contribution is 7.92. The molecule has 26 heavy (non-hydrogen) atoms. The van der Waals surface area contributed by atoms with Crippen molar-refractivity contribution in [3.05, 3.63) is 23.8 Å². The molecule has 0 unspecified atom stereocenters. The van der Waals surface area contributed by atoms with E-state index in [9.17, 15) is 18.0 Å². The second kappa shape index (κ2) is 8.88.